The summed E-state index contributed by atoms with van der Waals surface area (Å²) >= 11 is 1.82. The van der Waals surface area contributed by atoms with Crippen LogP contribution in [0.25, 0.3) is 10.9 Å². The average Bonchev–Trinajstić information content (AvgIpc) is 3.19. The van der Waals surface area contributed by atoms with Gasteiger partial charge in [-0.3, -0.25) is 14.7 Å². The summed E-state index contributed by atoms with van der Waals surface area (Å²) in [6, 6.07) is 12.5. The topological polar surface area (TPSA) is 36.4 Å². The number of aromatic nitrogens is 1. The Bertz CT molecular complexity index is 944. The van der Waals surface area contributed by atoms with Crippen LogP contribution in [-0.2, 0) is 6.42 Å². The van der Waals surface area contributed by atoms with E-state index in [9.17, 15) is 4.79 Å². The minimum atomic E-state index is 0.111. The molecule has 0 unspecified atom stereocenters. The number of pyridine rings is 1. The van der Waals surface area contributed by atoms with E-state index in [4.69, 9.17) is 0 Å². The van der Waals surface area contributed by atoms with Crippen molar-refractivity contribution in [2.45, 2.75) is 20.3 Å². The summed E-state index contributed by atoms with van der Waals surface area (Å²) in [5.74, 6) is 0.111. The molecule has 0 N–H and O–H groups in total. The van der Waals surface area contributed by atoms with Gasteiger partial charge in [-0.15, -0.1) is 11.3 Å². The van der Waals surface area contributed by atoms with Crippen molar-refractivity contribution in [1.29, 1.82) is 0 Å². The number of piperazine rings is 1. The summed E-state index contributed by atoms with van der Waals surface area (Å²) in [6.07, 6.45) is 1.10. The molecular weight excluding hydrogens is 354 g/mol. The van der Waals surface area contributed by atoms with E-state index >= 15 is 0 Å². The summed E-state index contributed by atoms with van der Waals surface area (Å²) in [5.41, 5.74) is 3.70. The van der Waals surface area contributed by atoms with Gasteiger partial charge in [0.2, 0.25) is 0 Å². The lowest BCUT2D eigenvalue weighted by Crippen LogP contribution is -2.49. The first-order valence-corrected chi connectivity index (χ1v) is 10.4. The van der Waals surface area contributed by atoms with Gasteiger partial charge < -0.3 is 4.90 Å². The fourth-order valence-corrected chi connectivity index (χ4v) is 4.36. The lowest BCUT2D eigenvalue weighted by Gasteiger charge is -2.35. The molecule has 0 spiro atoms. The maximum Gasteiger partial charge on any atom is 0.255 e. The van der Waals surface area contributed by atoms with Gasteiger partial charge in [-0.1, -0.05) is 18.2 Å². The van der Waals surface area contributed by atoms with Gasteiger partial charge in [0.1, 0.15) is 0 Å². The number of hydrogen-bond acceptors (Lipinski definition) is 4. The van der Waals surface area contributed by atoms with Crippen LogP contribution in [-0.4, -0.2) is 53.4 Å². The van der Waals surface area contributed by atoms with E-state index in [0.29, 0.717) is 0 Å². The van der Waals surface area contributed by atoms with Gasteiger partial charge in [0.25, 0.3) is 5.91 Å². The van der Waals surface area contributed by atoms with Crippen LogP contribution < -0.4 is 0 Å². The van der Waals surface area contributed by atoms with Gasteiger partial charge in [-0.05, 0) is 49.4 Å². The molecule has 1 aliphatic heterocycles. The number of nitrogens with zero attached hydrogens (tertiary/aromatic N) is 3. The third-order valence-corrected chi connectivity index (χ3v) is 6.24. The van der Waals surface area contributed by atoms with Crippen molar-refractivity contribution >= 4 is 28.1 Å². The zero-order chi connectivity index (χ0) is 18.8. The first kappa shape index (κ1) is 18.1. The fraction of sp³-hybridized carbons (Fsp3) is 0.364. The summed E-state index contributed by atoms with van der Waals surface area (Å²) in [7, 11) is 0. The highest BCUT2D eigenvalue weighted by molar-refractivity contribution is 7.09. The van der Waals surface area contributed by atoms with Crippen molar-refractivity contribution in [3.05, 3.63) is 63.5 Å². The van der Waals surface area contributed by atoms with Crippen molar-refractivity contribution in [2.75, 3.05) is 32.7 Å². The number of rotatable bonds is 4. The highest BCUT2D eigenvalue weighted by Crippen LogP contribution is 2.20. The summed E-state index contributed by atoms with van der Waals surface area (Å²) in [5, 5.41) is 3.16. The molecule has 3 heterocycles. The Morgan fingerprint density at radius 2 is 1.93 bits per heavy atom. The zero-order valence-corrected chi connectivity index (χ0v) is 16.8. The van der Waals surface area contributed by atoms with Crippen molar-refractivity contribution in [2.24, 2.45) is 0 Å². The first-order valence-electron chi connectivity index (χ1n) is 9.52. The molecule has 1 amide bonds. The van der Waals surface area contributed by atoms with Crippen molar-refractivity contribution in [3.8, 4) is 0 Å². The predicted octanol–water partition coefficient (Wildman–Crippen LogP) is 3.91. The van der Waals surface area contributed by atoms with Gasteiger partial charge in [0, 0.05) is 43.0 Å². The van der Waals surface area contributed by atoms with Crippen molar-refractivity contribution < 1.29 is 4.79 Å². The number of thiophene rings is 1. The van der Waals surface area contributed by atoms with E-state index in [1.807, 2.05) is 29.2 Å². The second-order valence-corrected chi connectivity index (χ2v) is 8.31. The Morgan fingerprint density at radius 1 is 1.11 bits per heavy atom. The normalized spacial score (nSPS) is 15.4. The molecule has 0 bridgehead atoms. The molecule has 27 heavy (non-hydrogen) atoms. The maximum absolute atomic E-state index is 13.1. The monoisotopic (exact) mass is 379 g/mol. The van der Waals surface area contributed by atoms with E-state index in [2.05, 4.69) is 52.5 Å². The Hall–Kier alpha value is -2.24. The summed E-state index contributed by atoms with van der Waals surface area (Å²) in [4.78, 5) is 23.6. The molecular formula is C22H25N3OS. The fourth-order valence-electron chi connectivity index (χ4n) is 3.66. The Kier molecular flexibility index (Phi) is 5.23. The molecule has 4 nitrogen and oxygen atoms in total. The molecule has 1 aromatic carbocycles. The molecule has 4 rings (SSSR count). The highest BCUT2D eigenvalue weighted by atomic mass is 32.1. The second-order valence-electron chi connectivity index (χ2n) is 7.28. The number of benzene rings is 1. The third-order valence-electron chi connectivity index (χ3n) is 5.31. The van der Waals surface area contributed by atoms with Crippen molar-refractivity contribution in [1.82, 2.24) is 14.8 Å². The van der Waals surface area contributed by atoms with Gasteiger partial charge in [0.05, 0.1) is 16.8 Å². The number of fused-ring (bicyclic) bond motifs is 1. The Labute approximate surface area is 164 Å². The van der Waals surface area contributed by atoms with E-state index < -0.39 is 0 Å². The number of amides is 1. The lowest BCUT2D eigenvalue weighted by molar-refractivity contribution is 0.0638. The maximum atomic E-state index is 13.1. The molecule has 2 aromatic heterocycles. The quantitative estimate of drug-likeness (QED) is 0.689. The smallest absolute Gasteiger partial charge is 0.255 e. The van der Waals surface area contributed by atoms with Crippen LogP contribution in [0, 0.1) is 13.8 Å². The van der Waals surface area contributed by atoms with Crippen LogP contribution >= 0.6 is 11.3 Å². The molecule has 0 radical (unpaired) electrons. The van der Waals surface area contributed by atoms with Gasteiger partial charge in [-0.25, -0.2) is 0 Å². The molecule has 0 atom stereocenters. The van der Waals surface area contributed by atoms with Gasteiger partial charge in [0.15, 0.2) is 0 Å². The molecule has 1 saturated heterocycles. The highest BCUT2D eigenvalue weighted by Gasteiger charge is 2.23. The lowest BCUT2D eigenvalue weighted by atomic mass is 10.1. The standard InChI is InChI=1S/C22H25N3OS/c1-16-5-6-18-15-20(17(2)23-21(18)14-16)22(26)25-11-9-24(10-12-25)8-7-19-4-3-13-27-19/h3-6,13-15H,7-12H2,1-2H3. The molecule has 1 aliphatic rings. The van der Waals surface area contributed by atoms with Crippen LogP contribution in [0.2, 0.25) is 0 Å². The first-order chi connectivity index (χ1) is 13.1. The largest absolute Gasteiger partial charge is 0.336 e. The van der Waals surface area contributed by atoms with Crippen LogP contribution in [0.3, 0.4) is 0 Å². The van der Waals surface area contributed by atoms with Crippen molar-refractivity contribution in [3.63, 3.8) is 0 Å². The molecule has 140 valence electrons. The molecule has 5 heteroatoms. The van der Waals surface area contributed by atoms with Crippen LogP contribution in [0.15, 0.2) is 41.8 Å². The van der Waals surface area contributed by atoms with E-state index in [-0.39, 0.29) is 5.91 Å². The predicted molar refractivity (Wildman–Crippen MR) is 112 cm³/mol. The van der Waals surface area contributed by atoms with Crippen LogP contribution in [0.5, 0.6) is 0 Å². The van der Waals surface area contributed by atoms with Gasteiger partial charge >= 0.3 is 0 Å². The Morgan fingerprint density at radius 3 is 2.67 bits per heavy atom. The Balaban J connectivity index is 1.41. The van der Waals surface area contributed by atoms with Gasteiger partial charge in [-0.2, -0.15) is 0 Å². The summed E-state index contributed by atoms with van der Waals surface area (Å²) < 4.78 is 0. The number of hydrogen-bond donors (Lipinski definition) is 0. The van der Waals surface area contributed by atoms with E-state index in [1.165, 1.54) is 10.4 Å². The minimum absolute atomic E-state index is 0.111. The number of carbonyl (C=O) groups excluding carboxylic acids is 1. The number of carbonyl (C=O) groups is 1. The number of aryl methyl sites for hydroxylation is 2. The molecule has 0 aliphatic carbocycles. The average molecular weight is 380 g/mol. The molecule has 1 fully saturated rings. The zero-order valence-electron chi connectivity index (χ0n) is 15.9. The van der Waals surface area contributed by atoms with Crippen LogP contribution in [0.1, 0.15) is 26.5 Å². The van der Waals surface area contributed by atoms with E-state index in [1.54, 1.807) is 0 Å². The third kappa shape index (κ3) is 4.04. The minimum Gasteiger partial charge on any atom is -0.336 e. The molecule has 0 saturated carbocycles. The van der Waals surface area contributed by atoms with Crippen LogP contribution in [0.4, 0.5) is 0 Å². The van der Waals surface area contributed by atoms with E-state index in [0.717, 1.165) is 61.3 Å². The second kappa shape index (κ2) is 7.79. The summed E-state index contributed by atoms with van der Waals surface area (Å²) in [6.45, 7) is 8.52. The molecule has 3 aromatic rings. The SMILES string of the molecule is Cc1ccc2cc(C(=O)N3CCN(CCc4cccs4)CC3)c(C)nc2c1.